The maximum absolute atomic E-state index is 11.1. The van der Waals surface area contributed by atoms with Crippen LogP contribution in [0.1, 0.15) is 20.7 Å². The van der Waals surface area contributed by atoms with Crippen LogP contribution in [0.15, 0.2) is 24.3 Å². The zero-order valence-corrected chi connectivity index (χ0v) is 8.21. The Balaban J connectivity index is 2.93. The molecule has 0 saturated heterocycles. The fourth-order valence-corrected chi connectivity index (χ4v) is 1.19. The van der Waals surface area contributed by atoms with Crippen molar-refractivity contribution in [3.8, 4) is 0 Å². The summed E-state index contributed by atoms with van der Waals surface area (Å²) in [6, 6.07) is 5.64. The first kappa shape index (κ1) is 9.92. The van der Waals surface area contributed by atoms with Gasteiger partial charge in [0.2, 0.25) is 0 Å². The van der Waals surface area contributed by atoms with Crippen LogP contribution in [-0.2, 0) is 0 Å². The molecule has 0 aliphatic heterocycles. The highest BCUT2D eigenvalue weighted by Gasteiger charge is 2.02. The summed E-state index contributed by atoms with van der Waals surface area (Å²) in [6.07, 6.45) is 0. The molecule has 0 aliphatic carbocycles. The molecule has 1 rings (SSSR count). The van der Waals surface area contributed by atoms with Crippen LogP contribution in [0, 0.1) is 0 Å². The molecule has 13 heavy (non-hydrogen) atoms. The predicted octanol–water partition coefficient (Wildman–Crippen LogP) is 0.628. The van der Waals surface area contributed by atoms with E-state index in [9.17, 15) is 14.7 Å². The summed E-state index contributed by atoms with van der Waals surface area (Å²) in [5.41, 5.74) is 0.563. The second-order valence-electron chi connectivity index (χ2n) is 2.42. The Kier molecular flexibility index (Phi) is 3.19. The Hall–Kier alpha value is -1.16. The van der Waals surface area contributed by atoms with Crippen LogP contribution in [-0.4, -0.2) is 17.1 Å². The average molecular weight is 242 g/mol. The number of carbonyl (C=O) groups is 2. The maximum atomic E-state index is 11.1. The number of halogens is 1. The predicted molar refractivity (Wildman–Crippen MR) is 48.9 cm³/mol. The minimum atomic E-state index is -1.24. The number of rotatable bonds is 3. The van der Waals surface area contributed by atoms with Crippen molar-refractivity contribution < 1.29 is 14.7 Å². The van der Waals surface area contributed by atoms with E-state index in [0.29, 0.717) is 5.56 Å². The lowest BCUT2D eigenvalue weighted by atomic mass is 10.1. The van der Waals surface area contributed by atoms with Crippen molar-refractivity contribution in [2.75, 3.05) is 5.33 Å². The maximum Gasteiger partial charge on any atom is 0.173 e. The van der Waals surface area contributed by atoms with Gasteiger partial charge in [-0.2, -0.15) is 0 Å². The van der Waals surface area contributed by atoms with Crippen LogP contribution < -0.4 is 5.11 Å². The van der Waals surface area contributed by atoms with Gasteiger partial charge in [0.1, 0.15) is 0 Å². The summed E-state index contributed by atoms with van der Waals surface area (Å²) in [5.74, 6) is -1.32. The number of carboxylic acids is 1. The summed E-state index contributed by atoms with van der Waals surface area (Å²) in [4.78, 5) is 21.4. The van der Waals surface area contributed by atoms with Crippen LogP contribution in [0.2, 0.25) is 0 Å². The van der Waals surface area contributed by atoms with Crippen molar-refractivity contribution in [2.24, 2.45) is 0 Å². The summed E-state index contributed by atoms with van der Waals surface area (Å²) in [7, 11) is 0. The van der Waals surface area contributed by atoms with Crippen molar-refractivity contribution >= 4 is 27.7 Å². The molecule has 1 aromatic carbocycles. The summed E-state index contributed by atoms with van der Waals surface area (Å²) < 4.78 is 0. The number of ketones is 1. The van der Waals surface area contributed by atoms with E-state index in [2.05, 4.69) is 15.9 Å². The number of hydrogen-bond donors (Lipinski definition) is 0. The van der Waals surface area contributed by atoms with E-state index in [-0.39, 0.29) is 16.7 Å². The van der Waals surface area contributed by atoms with E-state index in [1.807, 2.05) is 0 Å². The number of carbonyl (C=O) groups excluding carboxylic acids is 2. The van der Waals surface area contributed by atoms with Crippen molar-refractivity contribution in [1.82, 2.24) is 0 Å². The lowest BCUT2D eigenvalue weighted by Crippen LogP contribution is -2.22. The zero-order chi connectivity index (χ0) is 9.84. The van der Waals surface area contributed by atoms with Crippen molar-refractivity contribution in [2.45, 2.75) is 0 Å². The van der Waals surface area contributed by atoms with Crippen molar-refractivity contribution in [1.29, 1.82) is 0 Å². The lowest BCUT2D eigenvalue weighted by Gasteiger charge is -2.02. The first-order valence-electron chi connectivity index (χ1n) is 3.55. The molecule has 0 radical (unpaired) electrons. The highest BCUT2D eigenvalue weighted by molar-refractivity contribution is 9.09. The van der Waals surface area contributed by atoms with Gasteiger partial charge in [-0.25, -0.2) is 0 Å². The molecule has 1 aromatic rings. The Morgan fingerprint density at radius 1 is 1.15 bits per heavy atom. The van der Waals surface area contributed by atoms with Gasteiger partial charge in [-0.05, 0) is 5.56 Å². The number of hydrogen-bond acceptors (Lipinski definition) is 3. The molecule has 4 heteroatoms. The van der Waals surface area contributed by atoms with Gasteiger partial charge in [0.25, 0.3) is 0 Å². The second-order valence-corrected chi connectivity index (χ2v) is 2.98. The first-order chi connectivity index (χ1) is 6.15. The van der Waals surface area contributed by atoms with Gasteiger partial charge in [-0.3, -0.25) is 4.79 Å². The molecule has 0 aliphatic rings. The van der Waals surface area contributed by atoms with E-state index in [0.717, 1.165) is 0 Å². The summed E-state index contributed by atoms with van der Waals surface area (Å²) in [6.45, 7) is 0. The van der Waals surface area contributed by atoms with Gasteiger partial charge in [0, 0.05) is 5.56 Å². The minimum Gasteiger partial charge on any atom is -0.545 e. The second kappa shape index (κ2) is 4.18. The van der Waals surface area contributed by atoms with Crippen LogP contribution >= 0.6 is 15.9 Å². The fourth-order valence-electron chi connectivity index (χ4n) is 0.869. The van der Waals surface area contributed by atoms with Gasteiger partial charge in [-0.15, -0.1) is 0 Å². The summed E-state index contributed by atoms with van der Waals surface area (Å²) in [5, 5.41) is 10.6. The number of carboxylic acid groups (broad SMARTS) is 1. The third kappa shape index (κ3) is 2.39. The van der Waals surface area contributed by atoms with E-state index in [1.165, 1.54) is 24.3 Å². The molecule has 0 saturated carbocycles. The molecule has 0 atom stereocenters. The molecular formula is C9H6BrO3-. The van der Waals surface area contributed by atoms with Crippen LogP contribution in [0.25, 0.3) is 0 Å². The Morgan fingerprint density at radius 2 is 1.62 bits per heavy atom. The van der Waals surface area contributed by atoms with Gasteiger partial charge in [-0.1, -0.05) is 40.2 Å². The SMILES string of the molecule is O=C([O-])c1ccc(C(=O)CBr)cc1. The lowest BCUT2D eigenvalue weighted by molar-refractivity contribution is -0.255. The van der Waals surface area contributed by atoms with E-state index in [1.54, 1.807) is 0 Å². The molecule has 68 valence electrons. The average Bonchev–Trinajstić information content (AvgIpc) is 2.17. The van der Waals surface area contributed by atoms with Gasteiger partial charge >= 0.3 is 0 Å². The molecule has 0 heterocycles. The molecule has 0 N–H and O–H groups in total. The van der Waals surface area contributed by atoms with Gasteiger partial charge in [0.15, 0.2) is 5.78 Å². The fraction of sp³-hybridized carbons (Fsp3) is 0.111. The van der Waals surface area contributed by atoms with E-state index in [4.69, 9.17) is 0 Å². The Labute approximate surface area is 83.5 Å². The number of aromatic carboxylic acids is 1. The van der Waals surface area contributed by atoms with Crippen LogP contribution in [0.4, 0.5) is 0 Å². The number of benzene rings is 1. The molecular weight excluding hydrogens is 236 g/mol. The largest absolute Gasteiger partial charge is 0.545 e. The van der Waals surface area contributed by atoms with Crippen LogP contribution in [0.3, 0.4) is 0 Å². The molecule has 0 unspecified atom stereocenters. The monoisotopic (exact) mass is 241 g/mol. The highest BCUT2D eigenvalue weighted by atomic mass is 79.9. The quantitative estimate of drug-likeness (QED) is 0.576. The molecule has 0 aromatic heterocycles. The van der Waals surface area contributed by atoms with Crippen LogP contribution in [0.5, 0.6) is 0 Å². The van der Waals surface area contributed by atoms with E-state index >= 15 is 0 Å². The third-order valence-electron chi connectivity index (χ3n) is 1.56. The Morgan fingerprint density at radius 3 is 2.00 bits per heavy atom. The standard InChI is InChI=1S/C9H7BrO3/c10-5-8(11)6-1-3-7(4-2-6)9(12)13/h1-4H,5H2,(H,12,13)/p-1. The molecule has 0 amide bonds. The number of alkyl halides is 1. The van der Waals surface area contributed by atoms with Crippen molar-refractivity contribution in [3.05, 3.63) is 35.4 Å². The Bertz CT molecular complexity index is 329. The highest BCUT2D eigenvalue weighted by Crippen LogP contribution is 2.05. The van der Waals surface area contributed by atoms with Gasteiger partial charge in [0.05, 0.1) is 11.3 Å². The molecule has 0 spiro atoms. The topological polar surface area (TPSA) is 57.2 Å². The zero-order valence-electron chi connectivity index (χ0n) is 6.62. The smallest absolute Gasteiger partial charge is 0.173 e. The molecule has 0 fully saturated rings. The summed E-state index contributed by atoms with van der Waals surface area (Å²) >= 11 is 3.02. The number of Topliss-reactive ketones (excluding diaryl/α,β-unsaturated/α-hetero) is 1. The molecule has 0 bridgehead atoms. The molecule has 3 nitrogen and oxygen atoms in total. The van der Waals surface area contributed by atoms with Gasteiger partial charge < -0.3 is 9.90 Å². The normalized spacial score (nSPS) is 9.62. The van der Waals surface area contributed by atoms with Crippen molar-refractivity contribution in [3.63, 3.8) is 0 Å². The first-order valence-corrected chi connectivity index (χ1v) is 4.68. The third-order valence-corrected chi connectivity index (χ3v) is 2.07. The van der Waals surface area contributed by atoms with E-state index < -0.39 is 5.97 Å². The minimum absolute atomic E-state index is 0.0751.